The first kappa shape index (κ1) is 19.8. The summed E-state index contributed by atoms with van der Waals surface area (Å²) < 4.78 is 13.3. The number of hydrogen-bond acceptors (Lipinski definition) is 5. The van der Waals surface area contributed by atoms with Crippen molar-refractivity contribution in [2.75, 3.05) is 20.3 Å². The molecule has 1 aliphatic carbocycles. The summed E-state index contributed by atoms with van der Waals surface area (Å²) in [6.07, 6.45) is 4.15. The van der Waals surface area contributed by atoms with E-state index < -0.39 is 0 Å². The van der Waals surface area contributed by atoms with Gasteiger partial charge in [0.1, 0.15) is 13.2 Å². The van der Waals surface area contributed by atoms with Gasteiger partial charge in [0.15, 0.2) is 17.1 Å². The fourth-order valence-corrected chi connectivity index (χ4v) is 4.19. The van der Waals surface area contributed by atoms with Crippen LogP contribution in [0.25, 0.3) is 22.3 Å². The number of aromatic nitrogens is 3. The Morgan fingerprint density at radius 2 is 1.87 bits per heavy atom. The van der Waals surface area contributed by atoms with Crippen molar-refractivity contribution in [1.29, 1.82) is 0 Å². The number of ether oxygens (including phenoxy) is 2. The van der Waals surface area contributed by atoms with Gasteiger partial charge in [0, 0.05) is 24.7 Å². The van der Waals surface area contributed by atoms with E-state index in [1.807, 2.05) is 40.9 Å². The Morgan fingerprint density at radius 3 is 2.58 bits per heavy atom. The van der Waals surface area contributed by atoms with Crippen molar-refractivity contribution in [1.82, 2.24) is 19.7 Å². The van der Waals surface area contributed by atoms with Gasteiger partial charge in [0.2, 0.25) is 0 Å². The molecule has 3 aromatic rings. The summed E-state index contributed by atoms with van der Waals surface area (Å²) in [5, 5.41) is 5.32. The molecule has 2 aromatic heterocycles. The van der Waals surface area contributed by atoms with Crippen LogP contribution in [0.15, 0.2) is 30.5 Å². The molecule has 0 bridgehead atoms. The third-order valence-corrected chi connectivity index (χ3v) is 6.36. The van der Waals surface area contributed by atoms with Crippen molar-refractivity contribution in [3.63, 3.8) is 0 Å². The lowest BCUT2D eigenvalue weighted by Crippen LogP contribution is -2.36. The minimum Gasteiger partial charge on any atom is -0.486 e. The summed E-state index contributed by atoms with van der Waals surface area (Å²) in [6.45, 7) is 7.33. The number of carbonyl (C=O) groups is 1. The van der Waals surface area contributed by atoms with E-state index in [1.54, 1.807) is 6.20 Å². The maximum absolute atomic E-state index is 13.5. The average molecular weight is 421 g/mol. The fraction of sp³-hybridized carbons (Fsp3) is 0.458. The van der Waals surface area contributed by atoms with Crippen LogP contribution in [-0.2, 0) is 0 Å². The maximum Gasteiger partial charge on any atom is 0.254 e. The van der Waals surface area contributed by atoms with E-state index in [0.717, 1.165) is 28.0 Å². The van der Waals surface area contributed by atoms with Crippen LogP contribution >= 0.6 is 0 Å². The highest BCUT2D eigenvalue weighted by molar-refractivity contribution is 6.06. The monoisotopic (exact) mass is 420 g/mol. The number of fused-ring (bicyclic) bond motifs is 2. The first-order chi connectivity index (χ1) is 14.9. The summed E-state index contributed by atoms with van der Waals surface area (Å²) in [6, 6.07) is 8.03. The van der Waals surface area contributed by atoms with Crippen molar-refractivity contribution in [3.8, 4) is 22.8 Å². The Morgan fingerprint density at radius 1 is 1.13 bits per heavy atom. The van der Waals surface area contributed by atoms with Crippen molar-refractivity contribution >= 4 is 16.9 Å². The lowest BCUT2D eigenvalue weighted by Gasteiger charge is -2.25. The number of nitrogens with zero attached hydrogens (tertiary/aromatic N) is 4. The van der Waals surface area contributed by atoms with E-state index >= 15 is 0 Å². The molecule has 1 amide bonds. The van der Waals surface area contributed by atoms with Crippen molar-refractivity contribution in [2.24, 2.45) is 5.92 Å². The molecule has 3 heterocycles. The topological polar surface area (TPSA) is 69.5 Å². The molecule has 1 aromatic carbocycles. The Bertz CT molecular complexity index is 1150. The van der Waals surface area contributed by atoms with Gasteiger partial charge in [-0.05, 0) is 63.8 Å². The summed E-state index contributed by atoms with van der Waals surface area (Å²) >= 11 is 0. The van der Waals surface area contributed by atoms with Crippen LogP contribution in [0.2, 0.25) is 0 Å². The third kappa shape index (κ3) is 3.52. The second-order valence-electron chi connectivity index (χ2n) is 8.83. The van der Waals surface area contributed by atoms with E-state index in [2.05, 4.69) is 25.9 Å². The largest absolute Gasteiger partial charge is 0.486 e. The molecule has 162 valence electrons. The number of amides is 1. The zero-order chi connectivity index (χ0) is 21.7. The van der Waals surface area contributed by atoms with Gasteiger partial charge >= 0.3 is 0 Å². The van der Waals surface area contributed by atoms with E-state index in [0.29, 0.717) is 30.4 Å². The molecule has 7 heteroatoms. The second kappa shape index (κ2) is 7.55. The van der Waals surface area contributed by atoms with Crippen LogP contribution in [0, 0.1) is 5.92 Å². The molecule has 0 spiro atoms. The Hall–Kier alpha value is -3.09. The Labute approximate surface area is 182 Å². The molecule has 7 nitrogen and oxygen atoms in total. The smallest absolute Gasteiger partial charge is 0.254 e. The molecule has 5 rings (SSSR count). The van der Waals surface area contributed by atoms with Gasteiger partial charge in [-0.2, -0.15) is 5.10 Å². The predicted octanol–water partition coefficient (Wildman–Crippen LogP) is 4.32. The van der Waals surface area contributed by atoms with Gasteiger partial charge in [-0.1, -0.05) is 0 Å². The summed E-state index contributed by atoms with van der Waals surface area (Å²) in [7, 11) is 1.90. The molecular weight excluding hydrogens is 392 g/mol. The summed E-state index contributed by atoms with van der Waals surface area (Å²) in [5.74, 6) is 2.05. The minimum atomic E-state index is 0.00824. The van der Waals surface area contributed by atoms with Gasteiger partial charge in [-0.15, -0.1) is 0 Å². The molecule has 0 saturated heterocycles. The number of benzene rings is 1. The first-order valence-electron chi connectivity index (χ1n) is 11.0. The van der Waals surface area contributed by atoms with Crippen molar-refractivity contribution in [2.45, 2.75) is 45.7 Å². The van der Waals surface area contributed by atoms with Crippen LogP contribution < -0.4 is 9.47 Å². The molecule has 1 aliphatic heterocycles. The maximum atomic E-state index is 13.5. The van der Waals surface area contributed by atoms with Gasteiger partial charge in [0.05, 0.1) is 22.8 Å². The zero-order valence-corrected chi connectivity index (χ0v) is 18.5. The SMILES string of the molecule is CC(C1CC1)N(C)C(=O)c1cc(-c2ccc3c(c2)OCCO3)nc2c1cnn2C(C)C. The number of carbonyl (C=O) groups excluding carboxylic acids is 1. The highest BCUT2D eigenvalue weighted by Gasteiger charge is 2.33. The average Bonchev–Trinajstić information content (AvgIpc) is 3.54. The van der Waals surface area contributed by atoms with Crippen LogP contribution in [-0.4, -0.2) is 51.9 Å². The summed E-state index contributed by atoms with van der Waals surface area (Å²) in [4.78, 5) is 20.3. The van der Waals surface area contributed by atoms with Gasteiger partial charge in [-0.25, -0.2) is 9.67 Å². The lowest BCUT2D eigenvalue weighted by molar-refractivity contribution is 0.0729. The van der Waals surface area contributed by atoms with Crippen LogP contribution in [0.5, 0.6) is 11.5 Å². The lowest BCUT2D eigenvalue weighted by atomic mass is 10.0. The van der Waals surface area contributed by atoms with Crippen molar-refractivity contribution < 1.29 is 14.3 Å². The van der Waals surface area contributed by atoms with E-state index in [9.17, 15) is 4.79 Å². The zero-order valence-electron chi connectivity index (χ0n) is 18.5. The Kier molecular flexibility index (Phi) is 4.84. The van der Waals surface area contributed by atoms with Crippen molar-refractivity contribution in [3.05, 3.63) is 36.0 Å². The van der Waals surface area contributed by atoms with Gasteiger partial charge in [0.25, 0.3) is 5.91 Å². The fourth-order valence-electron chi connectivity index (χ4n) is 4.19. The molecule has 0 radical (unpaired) electrons. The molecule has 31 heavy (non-hydrogen) atoms. The van der Waals surface area contributed by atoms with Gasteiger partial charge in [-0.3, -0.25) is 4.79 Å². The molecule has 1 unspecified atom stereocenters. The molecule has 1 atom stereocenters. The highest BCUT2D eigenvalue weighted by Crippen LogP contribution is 2.37. The molecule has 0 N–H and O–H groups in total. The molecule has 2 aliphatic rings. The number of hydrogen-bond donors (Lipinski definition) is 0. The standard InChI is InChI=1S/C24H28N4O3/c1-14(2)28-23-19(13-25-28)18(24(29)27(4)15(3)16-5-6-16)12-20(26-23)17-7-8-21-22(11-17)31-10-9-30-21/h7-8,11-16H,5-6,9-10H2,1-4H3. The first-order valence-corrected chi connectivity index (χ1v) is 11.0. The Balaban J connectivity index is 1.63. The van der Waals surface area contributed by atoms with E-state index in [1.165, 1.54) is 12.8 Å². The molecule has 1 fully saturated rings. The number of rotatable bonds is 5. The quantitative estimate of drug-likeness (QED) is 0.615. The second-order valence-corrected chi connectivity index (χ2v) is 8.83. The van der Waals surface area contributed by atoms with E-state index in [-0.39, 0.29) is 18.0 Å². The third-order valence-electron chi connectivity index (χ3n) is 6.36. The van der Waals surface area contributed by atoms with Gasteiger partial charge < -0.3 is 14.4 Å². The van der Waals surface area contributed by atoms with Crippen LogP contribution in [0.3, 0.4) is 0 Å². The summed E-state index contributed by atoms with van der Waals surface area (Å²) in [5.41, 5.74) is 2.97. The minimum absolute atomic E-state index is 0.00824. The molecule has 1 saturated carbocycles. The molecular formula is C24H28N4O3. The normalized spacial score (nSPS) is 16.5. The predicted molar refractivity (Wildman–Crippen MR) is 119 cm³/mol. The number of pyridine rings is 1. The van der Waals surface area contributed by atoms with Crippen LogP contribution in [0.1, 0.15) is 50.0 Å². The van der Waals surface area contributed by atoms with E-state index in [4.69, 9.17) is 14.5 Å². The highest BCUT2D eigenvalue weighted by atomic mass is 16.6. The van der Waals surface area contributed by atoms with Crippen LogP contribution in [0.4, 0.5) is 0 Å².